The van der Waals surface area contributed by atoms with Gasteiger partial charge in [-0.1, -0.05) is 34.0 Å². The first-order valence-corrected chi connectivity index (χ1v) is 7.17. The Balaban J connectivity index is 2.37. The molecule has 1 aliphatic rings. The fraction of sp³-hybridized carbons (Fsp3) is 0.538. The van der Waals surface area contributed by atoms with Crippen LogP contribution in [0.3, 0.4) is 0 Å². The second kappa shape index (κ2) is 5.70. The minimum atomic E-state index is 0.178. The molecule has 1 saturated heterocycles. The lowest BCUT2D eigenvalue weighted by Gasteiger charge is -2.31. The van der Waals surface area contributed by atoms with Gasteiger partial charge in [-0.15, -0.1) is 0 Å². The summed E-state index contributed by atoms with van der Waals surface area (Å²) in [6.45, 7) is 1.09. The first kappa shape index (κ1) is 13.3. The molecule has 17 heavy (non-hydrogen) atoms. The number of nitrogens with zero attached hydrogens (tertiary/aromatic N) is 1. The van der Waals surface area contributed by atoms with Gasteiger partial charge in [-0.05, 0) is 50.2 Å². The van der Waals surface area contributed by atoms with Crippen LogP contribution in [0, 0.1) is 0 Å². The predicted molar refractivity (Wildman–Crippen MR) is 76.3 cm³/mol. The van der Waals surface area contributed by atoms with Crippen LogP contribution in [0.2, 0.25) is 5.02 Å². The van der Waals surface area contributed by atoms with Crippen molar-refractivity contribution in [3.8, 4) is 0 Å². The molecular formula is C13H18BrClN2. The van der Waals surface area contributed by atoms with E-state index in [9.17, 15) is 0 Å². The van der Waals surface area contributed by atoms with E-state index >= 15 is 0 Å². The summed E-state index contributed by atoms with van der Waals surface area (Å²) in [6, 6.07) is 6.36. The number of halogens is 2. The summed E-state index contributed by atoms with van der Waals surface area (Å²) in [5.74, 6) is 0. The monoisotopic (exact) mass is 316 g/mol. The summed E-state index contributed by atoms with van der Waals surface area (Å²) >= 11 is 9.70. The van der Waals surface area contributed by atoms with Crippen LogP contribution in [-0.4, -0.2) is 24.5 Å². The highest BCUT2D eigenvalue weighted by molar-refractivity contribution is 9.10. The first-order valence-electron chi connectivity index (χ1n) is 6.00. The number of rotatable bonds is 1. The lowest BCUT2D eigenvalue weighted by molar-refractivity contribution is 0.229. The van der Waals surface area contributed by atoms with Crippen molar-refractivity contribution in [2.24, 2.45) is 5.73 Å². The van der Waals surface area contributed by atoms with Gasteiger partial charge in [0.25, 0.3) is 0 Å². The summed E-state index contributed by atoms with van der Waals surface area (Å²) in [4.78, 5) is 2.34. The Kier molecular flexibility index (Phi) is 4.47. The summed E-state index contributed by atoms with van der Waals surface area (Å²) in [5, 5.41) is 0.771. The van der Waals surface area contributed by atoms with Gasteiger partial charge in [0.1, 0.15) is 0 Å². The van der Waals surface area contributed by atoms with Crippen LogP contribution in [-0.2, 0) is 0 Å². The highest BCUT2D eigenvalue weighted by atomic mass is 79.9. The molecule has 0 aromatic heterocycles. The molecule has 94 valence electrons. The number of hydrogen-bond acceptors (Lipinski definition) is 2. The standard InChI is InChI=1S/C13H18BrClN2/c1-17-7-3-2-4-12(16)13(17)10-8-9(15)5-6-11(10)14/h5-6,8,12-13H,2-4,7,16H2,1H3. The van der Waals surface area contributed by atoms with E-state index < -0.39 is 0 Å². The average molecular weight is 318 g/mol. The number of likely N-dealkylation sites (N-methyl/N-ethyl adjacent to an activating group) is 1. The van der Waals surface area contributed by atoms with Crippen LogP contribution in [0.1, 0.15) is 30.9 Å². The third-order valence-electron chi connectivity index (χ3n) is 3.46. The van der Waals surface area contributed by atoms with E-state index in [1.165, 1.54) is 18.4 Å². The van der Waals surface area contributed by atoms with E-state index in [0.29, 0.717) is 0 Å². The summed E-state index contributed by atoms with van der Waals surface area (Å²) < 4.78 is 1.09. The number of benzene rings is 1. The largest absolute Gasteiger partial charge is 0.326 e. The Hall–Kier alpha value is -0.0900. The minimum Gasteiger partial charge on any atom is -0.326 e. The fourth-order valence-corrected chi connectivity index (χ4v) is 3.24. The Morgan fingerprint density at radius 2 is 2.18 bits per heavy atom. The molecule has 1 aromatic rings. The first-order chi connectivity index (χ1) is 8.09. The van der Waals surface area contributed by atoms with E-state index in [2.05, 4.69) is 27.9 Å². The zero-order valence-electron chi connectivity index (χ0n) is 10.00. The van der Waals surface area contributed by atoms with Crippen molar-refractivity contribution in [2.75, 3.05) is 13.6 Å². The molecule has 0 amide bonds. The van der Waals surface area contributed by atoms with Crippen LogP contribution in [0.5, 0.6) is 0 Å². The molecule has 1 heterocycles. The minimum absolute atomic E-state index is 0.178. The molecule has 0 saturated carbocycles. The van der Waals surface area contributed by atoms with Crippen LogP contribution >= 0.6 is 27.5 Å². The van der Waals surface area contributed by atoms with Gasteiger partial charge in [0.2, 0.25) is 0 Å². The van der Waals surface area contributed by atoms with Crippen LogP contribution in [0.25, 0.3) is 0 Å². The maximum Gasteiger partial charge on any atom is 0.0508 e. The highest BCUT2D eigenvalue weighted by Crippen LogP contribution is 2.34. The Labute approximate surface area is 116 Å². The van der Waals surface area contributed by atoms with Crippen molar-refractivity contribution >= 4 is 27.5 Å². The fourth-order valence-electron chi connectivity index (χ4n) is 2.57. The maximum atomic E-state index is 6.31. The highest BCUT2D eigenvalue weighted by Gasteiger charge is 2.27. The molecular weight excluding hydrogens is 300 g/mol. The van der Waals surface area contributed by atoms with Gasteiger partial charge in [0.15, 0.2) is 0 Å². The molecule has 1 fully saturated rings. The summed E-state index contributed by atoms with van der Waals surface area (Å²) in [6.07, 6.45) is 3.51. The molecule has 2 atom stereocenters. The van der Waals surface area contributed by atoms with E-state index in [1.54, 1.807) is 0 Å². The van der Waals surface area contributed by atoms with Gasteiger partial charge in [0, 0.05) is 15.5 Å². The molecule has 2 nitrogen and oxygen atoms in total. The van der Waals surface area contributed by atoms with Crippen LogP contribution in [0.15, 0.2) is 22.7 Å². The van der Waals surface area contributed by atoms with Crippen LogP contribution in [0.4, 0.5) is 0 Å². The summed E-state index contributed by atoms with van der Waals surface area (Å²) in [7, 11) is 2.14. The normalized spacial score (nSPS) is 26.8. The third kappa shape index (κ3) is 3.02. The Morgan fingerprint density at radius 3 is 2.94 bits per heavy atom. The van der Waals surface area contributed by atoms with E-state index in [1.807, 2.05) is 18.2 Å². The summed E-state index contributed by atoms with van der Waals surface area (Å²) in [5.41, 5.74) is 7.52. The SMILES string of the molecule is CN1CCCCC(N)C1c1cc(Cl)ccc1Br. The van der Waals surface area contributed by atoms with Gasteiger partial charge in [0.05, 0.1) is 6.04 Å². The second-order valence-electron chi connectivity index (χ2n) is 4.75. The van der Waals surface area contributed by atoms with Crippen molar-refractivity contribution < 1.29 is 0 Å². The van der Waals surface area contributed by atoms with Crippen LogP contribution < -0.4 is 5.73 Å². The molecule has 2 rings (SSSR count). The van der Waals surface area contributed by atoms with Gasteiger partial charge < -0.3 is 5.73 Å². The van der Waals surface area contributed by atoms with Crippen molar-refractivity contribution in [2.45, 2.75) is 31.3 Å². The number of likely N-dealkylation sites (tertiary alicyclic amines) is 1. The Bertz CT molecular complexity index is 385. The van der Waals surface area contributed by atoms with Crippen molar-refractivity contribution in [1.82, 2.24) is 4.90 Å². The molecule has 4 heteroatoms. The molecule has 2 unspecified atom stereocenters. The van der Waals surface area contributed by atoms with Gasteiger partial charge in [-0.25, -0.2) is 0 Å². The van der Waals surface area contributed by atoms with Crippen molar-refractivity contribution in [1.29, 1.82) is 0 Å². The number of nitrogens with two attached hydrogens (primary N) is 1. The third-order valence-corrected chi connectivity index (χ3v) is 4.41. The molecule has 1 aliphatic heterocycles. The topological polar surface area (TPSA) is 29.3 Å². The van der Waals surface area contributed by atoms with Crippen molar-refractivity contribution in [3.05, 3.63) is 33.3 Å². The lowest BCUT2D eigenvalue weighted by atomic mass is 9.97. The predicted octanol–water partition coefficient (Wildman–Crippen LogP) is 3.59. The quantitative estimate of drug-likeness (QED) is 0.857. The van der Waals surface area contributed by atoms with E-state index in [4.69, 9.17) is 17.3 Å². The van der Waals surface area contributed by atoms with E-state index in [0.717, 1.165) is 22.5 Å². The average Bonchev–Trinajstić information content (AvgIpc) is 2.44. The van der Waals surface area contributed by atoms with Gasteiger partial charge >= 0.3 is 0 Å². The molecule has 0 spiro atoms. The molecule has 2 N–H and O–H groups in total. The molecule has 0 aliphatic carbocycles. The van der Waals surface area contributed by atoms with Gasteiger partial charge in [-0.2, -0.15) is 0 Å². The zero-order valence-corrected chi connectivity index (χ0v) is 12.3. The van der Waals surface area contributed by atoms with Gasteiger partial charge in [-0.3, -0.25) is 4.90 Å². The molecule has 0 bridgehead atoms. The smallest absolute Gasteiger partial charge is 0.0508 e. The second-order valence-corrected chi connectivity index (χ2v) is 6.04. The Morgan fingerprint density at radius 1 is 1.41 bits per heavy atom. The molecule has 1 aromatic carbocycles. The molecule has 0 radical (unpaired) electrons. The van der Waals surface area contributed by atoms with Crippen molar-refractivity contribution in [3.63, 3.8) is 0 Å². The lowest BCUT2D eigenvalue weighted by Crippen LogP contribution is -2.37. The maximum absolute atomic E-state index is 6.31. The number of hydrogen-bond donors (Lipinski definition) is 1. The van der Waals surface area contributed by atoms with E-state index in [-0.39, 0.29) is 12.1 Å². The zero-order chi connectivity index (χ0) is 12.4.